The Morgan fingerprint density at radius 2 is 1.89 bits per heavy atom. The van der Waals surface area contributed by atoms with Crippen LogP contribution in [0.1, 0.15) is 78.6 Å². The van der Waals surface area contributed by atoms with Gasteiger partial charge in [-0.25, -0.2) is 4.79 Å². The number of hydrogen-bond donors (Lipinski definition) is 1. The zero-order valence-electron chi connectivity index (χ0n) is 17.4. The van der Waals surface area contributed by atoms with E-state index in [1.54, 1.807) is 0 Å². The summed E-state index contributed by atoms with van der Waals surface area (Å²) >= 11 is 0. The second kappa shape index (κ2) is 7.42. The van der Waals surface area contributed by atoms with E-state index < -0.39 is 0 Å². The van der Waals surface area contributed by atoms with Crippen molar-refractivity contribution < 1.29 is 14.3 Å². The van der Waals surface area contributed by atoms with Gasteiger partial charge in [0.1, 0.15) is 6.61 Å². The van der Waals surface area contributed by atoms with E-state index >= 15 is 0 Å². The number of carbonyl (C=O) groups excluding carboxylic acids is 1. The first-order chi connectivity index (χ1) is 13.0. The van der Waals surface area contributed by atoms with Crippen LogP contribution in [0.5, 0.6) is 0 Å². The van der Waals surface area contributed by atoms with Crippen LogP contribution in [0.15, 0.2) is 11.6 Å². The summed E-state index contributed by atoms with van der Waals surface area (Å²) in [6, 6.07) is 0.296. The van der Waals surface area contributed by atoms with Gasteiger partial charge in [0.05, 0.1) is 12.2 Å². The number of ether oxygens (including phenoxy) is 2. The molecule has 27 heavy (non-hydrogen) atoms. The van der Waals surface area contributed by atoms with Crippen LogP contribution < -0.4 is 5.32 Å². The van der Waals surface area contributed by atoms with Gasteiger partial charge >= 0.3 is 6.09 Å². The SMILES string of the molecule is CC1=C[C@H](C)[C@]2(COC(=O)NC3CCCCC3)COC3(CCCC3)[C@@H]1[C@H]2C. The predicted molar refractivity (Wildman–Crippen MR) is 107 cm³/mol. The Hall–Kier alpha value is -1.03. The lowest BCUT2D eigenvalue weighted by atomic mass is 9.53. The molecule has 4 atom stereocenters. The van der Waals surface area contributed by atoms with E-state index in [0.717, 1.165) is 12.8 Å². The maximum atomic E-state index is 12.4. The number of alkyl carbamates (subject to hydrolysis) is 1. The van der Waals surface area contributed by atoms with Crippen molar-refractivity contribution in [2.75, 3.05) is 13.2 Å². The van der Waals surface area contributed by atoms with Crippen LogP contribution in [0, 0.1) is 23.2 Å². The maximum Gasteiger partial charge on any atom is 0.407 e. The van der Waals surface area contributed by atoms with E-state index in [0.29, 0.717) is 37.0 Å². The third kappa shape index (κ3) is 3.32. The summed E-state index contributed by atoms with van der Waals surface area (Å²) in [6.45, 7) is 8.11. The molecule has 1 saturated heterocycles. The van der Waals surface area contributed by atoms with E-state index in [-0.39, 0.29) is 17.1 Å². The molecule has 4 heteroatoms. The average Bonchev–Trinajstić information content (AvgIpc) is 3.10. The quantitative estimate of drug-likeness (QED) is 0.688. The standard InChI is InChI=1S/C23H37NO3/c1-16-13-17(2)22(14-26-21(25)24-19-9-5-4-6-10-19)15-27-23(11-7-8-12-23)20(16)18(22)3/h13,17-20H,4-12,14-15H2,1-3H3,(H,24,25)/t17-,18+,20-,22-/m0/s1. The highest BCUT2D eigenvalue weighted by molar-refractivity contribution is 5.67. The van der Waals surface area contributed by atoms with Gasteiger partial charge in [0.25, 0.3) is 0 Å². The molecule has 0 aromatic carbocycles. The van der Waals surface area contributed by atoms with Gasteiger partial charge in [-0.05, 0) is 44.4 Å². The minimum Gasteiger partial charge on any atom is -0.449 e. The lowest BCUT2D eigenvalue weighted by Gasteiger charge is -2.59. The van der Waals surface area contributed by atoms with Crippen molar-refractivity contribution in [1.29, 1.82) is 0 Å². The zero-order valence-corrected chi connectivity index (χ0v) is 17.4. The monoisotopic (exact) mass is 375 g/mol. The molecule has 1 aliphatic heterocycles. The topological polar surface area (TPSA) is 47.6 Å². The van der Waals surface area contributed by atoms with Crippen LogP contribution in [0.2, 0.25) is 0 Å². The van der Waals surface area contributed by atoms with Gasteiger partial charge < -0.3 is 14.8 Å². The van der Waals surface area contributed by atoms with Crippen LogP contribution in [0.3, 0.4) is 0 Å². The van der Waals surface area contributed by atoms with Crippen LogP contribution in [-0.4, -0.2) is 30.9 Å². The molecule has 1 heterocycles. The van der Waals surface area contributed by atoms with Gasteiger partial charge in [0, 0.05) is 17.4 Å². The van der Waals surface area contributed by atoms with E-state index in [1.165, 1.54) is 50.5 Å². The van der Waals surface area contributed by atoms with Gasteiger partial charge in [-0.15, -0.1) is 0 Å². The lowest BCUT2D eigenvalue weighted by Crippen LogP contribution is -2.61. The Kier molecular flexibility index (Phi) is 5.30. The summed E-state index contributed by atoms with van der Waals surface area (Å²) in [5.74, 6) is 1.31. The van der Waals surface area contributed by atoms with Crippen LogP contribution in [0.4, 0.5) is 4.79 Å². The van der Waals surface area contributed by atoms with Crippen LogP contribution in [0.25, 0.3) is 0 Å². The van der Waals surface area contributed by atoms with Crippen LogP contribution in [-0.2, 0) is 9.47 Å². The summed E-state index contributed by atoms with van der Waals surface area (Å²) < 4.78 is 12.5. The molecule has 4 rings (SSSR count). The molecule has 0 radical (unpaired) electrons. The highest BCUT2D eigenvalue weighted by atomic mass is 16.6. The van der Waals surface area contributed by atoms with E-state index in [1.807, 2.05) is 0 Å². The molecule has 3 aliphatic carbocycles. The van der Waals surface area contributed by atoms with Crippen molar-refractivity contribution >= 4 is 6.09 Å². The summed E-state index contributed by atoms with van der Waals surface area (Å²) in [7, 11) is 0. The lowest BCUT2D eigenvalue weighted by molar-refractivity contribution is -0.212. The molecular weight excluding hydrogens is 338 g/mol. The zero-order chi connectivity index (χ0) is 19.1. The van der Waals surface area contributed by atoms with Crippen molar-refractivity contribution in [3.63, 3.8) is 0 Å². The number of nitrogens with one attached hydrogen (secondary N) is 1. The second-order valence-electron chi connectivity index (χ2n) is 9.81. The second-order valence-corrected chi connectivity index (χ2v) is 9.81. The molecule has 2 bridgehead atoms. The Morgan fingerprint density at radius 3 is 2.59 bits per heavy atom. The van der Waals surface area contributed by atoms with Crippen molar-refractivity contribution in [3.8, 4) is 0 Å². The molecule has 1 amide bonds. The van der Waals surface area contributed by atoms with Crippen molar-refractivity contribution in [3.05, 3.63) is 11.6 Å². The fraction of sp³-hybridized carbons (Fsp3) is 0.870. The minimum absolute atomic E-state index is 0.0357. The molecular formula is C23H37NO3. The number of hydrogen-bond acceptors (Lipinski definition) is 3. The van der Waals surface area contributed by atoms with Gasteiger partial charge in [-0.1, -0.05) is 57.6 Å². The Bertz CT molecular complexity index is 588. The maximum absolute atomic E-state index is 12.4. The predicted octanol–water partition coefficient (Wildman–Crippen LogP) is 5.22. The van der Waals surface area contributed by atoms with E-state index in [2.05, 4.69) is 32.2 Å². The van der Waals surface area contributed by atoms with Gasteiger partial charge in [0.15, 0.2) is 0 Å². The van der Waals surface area contributed by atoms with Crippen LogP contribution >= 0.6 is 0 Å². The molecule has 2 saturated carbocycles. The van der Waals surface area contributed by atoms with Crippen molar-refractivity contribution in [2.24, 2.45) is 23.2 Å². The fourth-order valence-corrected chi connectivity index (χ4v) is 6.69. The molecule has 0 unspecified atom stereocenters. The first kappa shape index (κ1) is 19.3. The first-order valence-electron chi connectivity index (χ1n) is 11.2. The molecule has 3 fully saturated rings. The summed E-state index contributed by atoms with van der Waals surface area (Å²) in [5, 5.41) is 3.10. The Balaban J connectivity index is 1.45. The fourth-order valence-electron chi connectivity index (χ4n) is 6.69. The molecule has 1 N–H and O–H groups in total. The Labute approximate surface area is 164 Å². The van der Waals surface area contributed by atoms with Crippen molar-refractivity contribution in [1.82, 2.24) is 5.32 Å². The molecule has 4 nitrogen and oxygen atoms in total. The highest BCUT2D eigenvalue weighted by Crippen LogP contribution is 2.59. The summed E-state index contributed by atoms with van der Waals surface area (Å²) in [5.41, 5.74) is 1.43. The van der Waals surface area contributed by atoms with E-state index in [4.69, 9.17) is 9.47 Å². The minimum atomic E-state index is -0.236. The van der Waals surface area contributed by atoms with Crippen molar-refractivity contribution in [2.45, 2.75) is 90.2 Å². The highest BCUT2D eigenvalue weighted by Gasteiger charge is 2.60. The average molecular weight is 376 g/mol. The number of fused-ring (bicyclic) bond motifs is 3. The number of rotatable bonds is 3. The van der Waals surface area contributed by atoms with E-state index in [9.17, 15) is 4.79 Å². The summed E-state index contributed by atoms with van der Waals surface area (Å²) in [4.78, 5) is 12.4. The largest absolute Gasteiger partial charge is 0.449 e. The van der Waals surface area contributed by atoms with Gasteiger partial charge in [0.2, 0.25) is 0 Å². The molecule has 0 aromatic heterocycles. The summed E-state index contributed by atoms with van der Waals surface area (Å²) in [6.07, 6.45) is 13.0. The first-order valence-corrected chi connectivity index (χ1v) is 11.2. The molecule has 4 aliphatic rings. The third-order valence-electron chi connectivity index (χ3n) is 8.36. The number of carbonyl (C=O) groups is 1. The number of allylic oxidation sites excluding steroid dienone is 1. The van der Waals surface area contributed by atoms with Gasteiger partial charge in [-0.2, -0.15) is 0 Å². The number of amides is 1. The van der Waals surface area contributed by atoms with Gasteiger partial charge in [-0.3, -0.25) is 0 Å². The normalized spacial score (nSPS) is 38.5. The third-order valence-corrected chi connectivity index (χ3v) is 8.36. The molecule has 1 spiro atoms. The Morgan fingerprint density at radius 1 is 1.19 bits per heavy atom. The molecule has 152 valence electrons. The smallest absolute Gasteiger partial charge is 0.407 e. The molecule has 0 aromatic rings.